The highest BCUT2D eigenvalue weighted by Gasteiger charge is 2.31. The average Bonchev–Trinajstić information content (AvgIpc) is 2.92. The molecule has 0 aliphatic carbocycles. The largest absolute Gasteiger partial charge is 0.490 e. The summed E-state index contributed by atoms with van der Waals surface area (Å²) in [5.41, 5.74) is 0.578. The Balaban J connectivity index is 1.59. The summed E-state index contributed by atoms with van der Waals surface area (Å²) in [6, 6.07) is 7.27. The molecule has 0 aromatic heterocycles. The van der Waals surface area contributed by atoms with E-state index in [0.717, 1.165) is 38.9 Å². The Bertz CT molecular complexity index is 644. The summed E-state index contributed by atoms with van der Waals surface area (Å²) >= 11 is 0. The molecule has 1 atom stereocenters. The number of nitrogens with one attached hydrogen (secondary N) is 1. The van der Waals surface area contributed by atoms with Gasteiger partial charge in [-0.05, 0) is 31.4 Å². The van der Waals surface area contributed by atoms with E-state index in [2.05, 4.69) is 10.2 Å². The molecule has 2 fully saturated rings. The van der Waals surface area contributed by atoms with Crippen LogP contribution in [0.4, 0.5) is 0 Å². The Labute approximate surface area is 160 Å². The molecule has 0 spiro atoms. The quantitative estimate of drug-likeness (QED) is 0.755. The minimum atomic E-state index is -0.0607. The van der Waals surface area contributed by atoms with Crippen LogP contribution in [0.1, 0.15) is 29.6 Å². The first-order valence-electron chi connectivity index (χ1n) is 9.72. The summed E-state index contributed by atoms with van der Waals surface area (Å²) in [6.45, 7) is 4.33. The lowest BCUT2D eigenvalue weighted by molar-refractivity contribution is -0.126. The maximum absolute atomic E-state index is 13.0. The third-order valence-corrected chi connectivity index (χ3v) is 5.21. The highest BCUT2D eigenvalue weighted by molar-refractivity contribution is 5.97. The SMILES string of the molecule is COCCOc1ccccc1C(=O)N1CCN([C@@H]2CCCCNC2=O)CC1. The standard InChI is InChI=1S/C20H29N3O4/c1-26-14-15-27-18-8-3-2-6-16(18)20(25)23-12-10-22(11-13-23)17-7-4-5-9-21-19(17)24/h2-3,6,8,17H,4-5,7,9-15H2,1H3,(H,21,24)/t17-/m1/s1. The monoisotopic (exact) mass is 375 g/mol. The highest BCUT2D eigenvalue weighted by atomic mass is 16.5. The molecule has 1 aromatic carbocycles. The van der Waals surface area contributed by atoms with Gasteiger partial charge in [-0.3, -0.25) is 14.5 Å². The molecule has 7 nitrogen and oxygen atoms in total. The summed E-state index contributed by atoms with van der Waals surface area (Å²) < 4.78 is 10.7. The number of nitrogens with zero attached hydrogens (tertiary/aromatic N) is 2. The van der Waals surface area contributed by atoms with Crippen molar-refractivity contribution >= 4 is 11.8 Å². The number of methoxy groups -OCH3 is 1. The van der Waals surface area contributed by atoms with Crippen molar-refractivity contribution in [2.24, 2.45) is 0 Å². The summed E-state index contributed by atoms with van der Waals surface area (Å²) in [7, 11) is 1.62. The van der Waals surface area contributed by atoms with Crippen molar-refractivity contribution in [3.8, 4) is 5.75 Å². The van der Waals surface area contributed by atoms with Gasteiger partial charge in [0, 0.05) is 39.8 Å². The smallest absolute Gasteiger partial charge is 0.257 e. The van der Waals surface area contributed by atoms with Crippen LogP contribution in [-0.2, 0) is 9.53 Å². The van der Waals surface area contributed by atoms with E-state index in [1.807, 2.05) is 23.1 Å². The van der Waals surface area contributed by atoms with Gasteiger partial charge in [-0.2, -0.15) is 0 Å². The van der Waals surface area contributed by atoms with Gasteiger partial charge in [-0.1, -0.05) is 12.1 Å². The fourth-order valence-electron chi connectivity index (χ4n) is 3.68. The number of rotatable bonds is 6. The maximum atomic E-state index is 13.0. The van der Waals surface area contributed by atoms with Crippen LogP contribution in [0.5, 0.6) is 5.75 Å². The van der Waals surface area contributed by atoms with Crippen LogP contribution in [0.25, 0.3) is 0 Å². The summed E-state index contributed by atoms with van der Waals surface area (Å²) in [5, 5.41) is 3.00. The fourth-order valence-corrected chi connectivity index (χ4v) is 3.68. The summed E-state index contributed by atoms with van der Waals surface area (Å²) in [6.07, 6.45) is 3.01. The zero-order valence-corrected chi connectivity index (χ0v) is 16.0. The number of hydrogen-bond acceptors (Lipinski definition) is 5. The van der Waals surface area contributed by atoms with Crippen molar-refractivity contribution in [3.05, 3.63) is 29.8 Å². The molecular formula is C20H29N3O4. The molecule has 0 unspecified atom stereocenters. The van der Waals surface area contributed by atoms with Crippen LogP contribution in [0.2, 0.25) is 0 Å². The van der Waals surface area contributed by atoms with Gasteiger partial charge in [-0.25, -0.2) is 0 Å². The van der Waals surface area contributed by atoms with Crippen molar-refractivity contribution in [2.45, 2.75) is 25.3 Å². The van der Waals surface area contributed by atoms with E-state index < -0.39 is 0 Å². The van der Waals surface area contributed by atoms with E-state index in [-0.39, 0.29) is 17.9 Å². The number of carbonyl (C=O) groups excluding carboxylic acids is 2. The maximum Gasteiger partial charge on any atom is 0.257 e. The molecule has 1 N–H and O–H groups in total. The molecule has 2 amide bonds. The van der Waals surface area contributed by atoms with Gasteiger partial charge in [0.1, 0.15) is 12.4 Å². The molecule has 2 aliphatic heterocycles. The Morgan fingerprint density at radius 3 is 2.70 bits per heavy atom. The van der Waals surface area contributed by atoms with Crippen LogP contribution in [0.3, 0.4) is 0 Å². The lowest BCUT2D eigenvalue weighted by atomic mass is 10.1. The van der Waals surface area contributed by atoms with Gasteiger partial charge in [0.2, 0.25) is 5.91 Å². The summed E-state index contributed by atoms with van der Waals surface area (Å²) in [5.74, 6) is 0.697. The molecule has 2 saturated heterocycles. The van der Waals surface area contributed by atoms with Gasteiger partial charge >= 0.3 is 0 Å². The number of carbonyl (C=O) groups is 2. The molecule has 2 heterocycles. The predicted molar refractivity (Wildman–Crippen MR) is 102 cm³/mol. The molecule has 3 rings (SSSR count). The van der Waals surface area contributed by atoms with Crippen LogP contribution in [-0.4, -0.2) is 80.7 Å². The van der Waals surface area contributed by atoms with Gasteiger partial charge in [-0.15, -0.1) is 0 Å². The Morgan fingerprint density at radius 2 is 1.93 bits per heavy atom. The average molecular weight is 375 g/mol. The zero-order valence-electron chi connectivity index (χ0n) is 16.0. The van der Waals surface area contributed by atoms with Gasteiger partial charge in [0.25, 0.3) is 5.91 Å². The van der Waals surface area contributed by atoms with Crippen molar-refractivity contribution < 1.29 is 19.1 Å². The lowest BCUT2D eigenvalue weighted by Gasteiger charge is -2.38. The van der Waals surface area contributed by atoms with E-state index in [1.54, 1.807) is 13.2 Å². The van der Waals surface area contributed by atoms with Crippen LogP contribution >= 0.6 is 0 Å². The molecule has 0 saturated carbocycles. The minimum absolute atomic E-state index is 0.0204. The van der Waals surface area contributed by atoms with Gasteiger partial charge in [0.15, 0.2) is 0 Å². The Morgan fingerprint density at radius 1 is 1.15 bits per heavy atom. The molecule has 0 radical (unpaired) electrons. The van der Waals surface area contributed by atoms with E-state index in [1.165, 1.54) is 0 Å². The second kappa shape index (κ2) is 9.71. The molecule has 148 valence electrons. The molecule has 2 aliphatic rings. The molecule has 27 heavy (non-hydrogen) atoms. The third-order valence-electron chi connectivity index (χ3n) is 5.21. The van der Waals surface area contributed by atoms with Crippen LogP contribution < -0.4 is 10.1 Å². The number of hydrogen-bond donors (Lipinski definition) is 1. The topological polar surface area (TPSA) is 71.1 Å². The van der Waals surface area contributed by atoms with Gasteiger partial charge in [0.05, 0.1) is 18.2 Å². The van der Waals surface area contributed by atoms with Gasteiger partial charge < -0.3 is 19.7 Å². The first-order valence-corrected chi connectivity index (χ1v) is 9.72. The van der Waals surface area contributed by atoms with Crippen molar-refractivity contribution in [3.63, 3.8) is 0 Å². The lowest BCUT2D eigenvalue weighted by Crippen LogP contribution is -2.55. The first kappa shape index (κ1) is 19.6. The zero-order chi connectivity index (χ0) is 19.1. The minimum Gasteiger partial charge on any atom is -0.490 e. The first-order chi connectivity index (χ1) is 13.2. The van der Waals surface area contributed by atoms with Crippen molar-refractivity contribution in [1.82, 2.24) is 15.1 Å². The second-order valence-electron chi connectivity index (χ2n) is 6.97. The van der Waals surface area contributed by atoms with E-state index in [0.29, 0.717) is 37.6 Å². The summed E-state index contributed by atoms with van der Waals surface area (Å²) in [4.78, 5) is 29.3. The number of amides is 2. The third kappa shape index (κ3) is 4.99. The van der Waals surface area contributed by atoms with Crippen LogP contribution in [0.15, 0.2) is 24.3 Å². The Kier molecular flexibility index (Phi) is 7.06. The van der Waals surface area contributed by atoms with Crippen molar-refractivity contribution in [1.29, 1.82) is 0 Å². The van der Waals surface area contributed by atoms with Crippen LogP contribution in [0, 0.1) is 0 Å². The molecule has 0 bridgehead atoms. The predicted octanol–water partition coefficient (Wildman–Crippen LogP) is 1.14. The number of piperazine rings is 1. The molecular weight excluding hydrogens is 346 g/mol. The fraction of sp³-hybridized carbons (Fsp3) is 0.600. The van der Waals surface area contributed by atoms with Crippen molar-refractivity contribution in [2.75, 3.05) is 53.0 Å². The van der Waals surface area contributed by atoms with E-state index >= 15 is 0 Å². The molecule has 7 heteroatoms. The second-order valence-corrected chi connectivity index (χ2v) is 6.97. The van der Waals surface area contributed by atoms with E-state index in [4.69, 9.17) is 9.47 Å². The number of benzene rings is 1. The number of para-hydroxylation sites is 1. The normalized spacial score (nSPS) is 21.4. The molecule has 1 aromatic rings. The van der Waals surface area contributed by atoms with E-state index in [9.17, 15) is 9.59 Å². The highest BCUT2D eigenvalue weighted by Crippen LogP contribution is 2.22. The Hall–Kier alpha value is -2.12. The number of ether oxygens (including phenoxy) is 2.